The molecule has 0 bridgehead atoms. The van der Waals surface area contributed by atoms with Crippen molar-refractivity contribution in [2.24, 2.45) is 4.99 Å². The van der Waals surface area contributed by atoms with Gasteiger partial charge in [0.05, 0.1) is 0 Å². The number of anilines is 1. The second-order valence-corrected chi connectivity index (χ2v) is 5.84. The number of hydrogen-bond donors (Lipinski definition) is 1. The molecule has 0 aliphatic carbocycles. The van der Waals surface area contributed by atoms with Crippen LogP contribution in [0.5, 0.6) is 5.88 Å². The van der Waals surface area contributed by atoms with Crippen molar-refractivity contribution in [3.05, 3.63) is 53.7 Å². The number of hydrogen-bond acceptors (Lipinski definition) is 3. The fourth-order valence-electron chi connectivity index (χ4n) is 2.79. The van der Waals surface area contributed by atoms with E-state index in [1.807, 2.05) is 12.1 Å². The molecule has 1 aliphatic heterocycles. The number of rotatable bonds is 4. The quantitative estimate of drug-likeness (QED) is 0.669. The number of nitrogens with zero attached hydrogens (tertiary/aromatic N) is 3. The van der Waals surface area contributed by atoms with E-state index in [9.17, 15) is 13.2 Å². The zero-order valence-electron chi connectivity index (χ0n) is 14.3. The lowest BCUT2D eigenvalue weighted by molar-refractivity contribution is -0.154. The molecule has 0 amide bonds. The van der Waals surface area contributed by atoms with Crippen molar-refractivity contribution in [3.63, 3.8) is 0 Å². The second-order valence-electron chi connectivity index (χ2n) is 5.84. The molecule has 1 aromatic heterocycles. The molecule has 0 atom stereocenters. The van der Waals surface area contributed by atoms with E-state index in [0.717, 1.165) is 30.2 Å². The van der Waals surface area contributed by atoms with E-state index in [0.29, 0.717) is 6.54 Å². The molecule has 2 aromatic rings. The predicted molar refractivity (Wildman–Crippen MR) is 93.5 cm³/mol. The lowest BCUT2D eigenvalue weighted by atomic mass is 10.2. The zero-order chi connectivity index (χ0) is 18.6. The number of fused-ring (bicyclic) bond motifs is 1. The Balaban J connectivity index is 1.58. The molecular formula is C18H19F3N4O. The van der Waals surface area contributed by atoms with E-state index < -0.39 is 12.8 Å². The molecule has 0 saturated carbocycles. The highest BCUT2D eigenvalue weighted by Crippen LogP contribution is 2.27. The number of guanidine groups is 1. The van der Waals surface area contributed by atoms with Crippen molar-refractivity contribution in [1.82, 2.24) is 10.3 Å². The van der Waals surface area contributed by atoms with Gasteiger partial charge in [0.25, 0.3) is 0 Å². The molecule has 0 saturated heterocycles. The van der Waals surface area contributed by atoms with Gasteiger partial charge >= 0.3 is 6.18 Å². The van der Waals surface area contributed by atoms with Crippen LogP contribution in [0.4, 0.5) is 18.9 Å². The lowest BCUT2D eigenvalue weighted by Crippen LogP contribution is -2.40. The summed E-state index contributed by atoms with van der Waals surface area (Å²) in [5.74, 6) is 0.691. The van der Waals surface area contributed by atoms with Gasteiger partial charge in [-0.05, 0) is 23.6 Å². The predicted octanol–water partition coefficient (Wildman–Crippen LogP) is 3.16. The summed E-state index contributed by atoms with van der Waals surface area (Å²) >= 11 is 0. The summed E-state index contributed by atoms with van der Waals surface area (Å²) in [6, 6.07) is 11.3. The van der Waals surface area contributed by atoms with Gasteiger partial charge in [0.1, 0.15) is 0 Å². The van der Waals surface area contributed by atoms with Crippen LogP contribution >= 0.6 is 0 Å². The van der Waals surface area contributed by atoms with Gasteiger partial charge in [0.2, 0.25) is 5.88 Å². The van der Waals surface area contributed by atoms with E-state index in [1.54, 1.807) is 13.1 Å². The van der Waals surface area contributed by atoms with Crippen LogP contribution in [0.15, 0.2) is 47.6 Å². The van der Waals surface area contributed by atoms with Crippen molar-refractivity contribution in [1.29, 1.82) is 0 Å². The third-order valence-electron chi connectivity index (χ3n) is 3.99. The number of alkyl halides is 3. The third kappa shape index (κ3) is 4.44. The van der Waals surface area contributed by atoms with Crippen molar-refractivity contribution in [3.8, 4) is 5.88 Å². The summed E-state index contributed by atoms with van der Waals surface area (Å²) < 4.78 is 41.0. The topological polar surface area (TPSA) is 49.8 Å². The van der Waals surface area contributed by atoms with Crippen LogP contribution < -0.4 is 15.0 Å². The lowest BCUT2D eigenvalue weighted by Gasteiger charge is -2.22. The van der Waals surface area contributed by atoms with Gasteiger partial charge in [-0.2, -0.15) is 13.2 Å². The van der Waals surface area contributed by atoms with Crippen LogP contribution in [0.25, 0.3) is 0 Å². The highest BCUT2D eigenvalue weighted by Gasteiger charge is 2.28. The molecule has 3 rings (SSSR count). The second kappa shape index (κ2) is 7.63. The van der Waals surface area contributed by atoms with Crippen molar-refractivity contribution in [2.45, 2.75) is 19.1 Å². The molecule has 0 unspecified atom stereocenters. The first-order chi connectivity index (χ1) is 12.5. The van der Waals surface area contributed by atoms with Crippen LogP contribution in [-0.2, 0) is 13.0 Å². The highest BCUT2D eigenvalue weighted by molar-refractivity contribution is 5.97. The van der Waals surface area contributed by atoms with Crippen molar-refractivity contribution >= 4 is 11.6 Å². The number of para-hydroxylation sites is 1. The molecule has 5 nitrogen and oxygen atoms in total. The standard InChI is InChI=1S/C18H19F3N4O/c1-22-17(25-9-8-14-4-2-3-5-15(14)25)24-11-13-6-7-16(23-10-13)26-12-18(19,20)21/h2-7,10H,8-9,11-12H2,1H3,(H,22,24). The Morgan fingerprint density at radius 1 is 1.27 bits per heavy atom. The summed E-state index contributed by atoms with van der Waals surface area (Å²) in [6.07, 6.45) is -1.92. The number of ether oxygens (including phenoxy) is 1. The summed E-state index contributed by atoms with van der Waals surface area (Å²) in [5, 5.41) is 3.26. The van der Waals surface area contributed by atoms with Gasteiger partial charge in [-0.1, -0.05) is 24.3 Å². The number of benzene rings is 1. The molecule has 0 fully saturated rings. The maximum absolute atomic E-state index is 12.1. The Morgan fingerprint density at radius 3 is 2.77 bits per heavy atom. The smallest absolute Gasteiger partial charge is 0.422 e. The number of aliphatic imine (C=N–C) groups is 1. The van der Waals surface area contributed by atoms with Gasteiger partial charge < -0.3 is 15.0 Å². The maximum Gasteiger partial charge on any atom is 0.422 e. The summed E-state index contributed by atoms with van der Waals surface area (Å²) in [5.41, 5.74) is 3.23. The number of nitrogens with one attached hydrogen (secondary N) is 1. The van der Waals surface area contributed by atoms with E-state index in [-0.39, 0.29) is 5.88 Å². The molecule has 26 heavy (non-hydrogen) atoms. The SMILES string of the molecule is CN=C(NCc1ccc(OCC(F)(F)F)nc1)N1CCc2ccccc21. The Hall–Kier alpha value is -2.77. The Bertz CT molecular complexity index is 775. The fraction of sp³-hybridized carbons (Fsp3) is 0.333. The normalized spacial score (nSPS) is 14.3. The van der Waals surface area contributed by atoms with Crippen LogP contribution in [0.2, 0.25) is 0 Å². The first-order valence-corrected chi connectivity index (χ1v) is 8.17. The van der Waals surface area contributed by atoms with Crippen molar-refractivity contribution < 1.29 is 17.9 Å². The molecule has 1 aromatic carbocycles. The molecule has 0 radical (unpaired) electrons. The molecular weight excluding hydrogens is 345 g/mol. The number of aromatic nitrogens is 1. The van der Waals surface area contributed by atoms with E-state index >= 15 is 0 Å². The number of pyridine rings is 1. The Labute approximate surface area is 149 Å². The highest BCUT2D eigenvalue weighted by atomic mass is 19.4. The molecule has 8 heteroatoms. The van der Waals surface area contributed by atoms with Crippen LogP contribution in [0.1, 0.15) is 11.1 Å². The minimum Gasteiger partial charge on any atom is -0.468 e. The van der Waals surface area contributed by atoms with Crippen LogP contribution in [-0.4, -0.2) is 37.3 Å². The molecule has 2 heterocycles. The summed E-state index contributed by atoms with van der Waals surface area (Å²) in [7, 11) is 1.72. The monoisotopic (exact) mass is 364 g/mol. The Morgan fingerprint density at radius 2 is 2.08 bits per heavy atom. The van der Waals surface area contributed by atoms with E-state index in [2.05, 4.69) is 37.1 Å². The Kier molecular flexibility index (Phi) is 5.29. The minimum atomic E-state index is -4.37. The van der Waals surface area contributed by atoms with Gasteiger partial charge in [-0.25, -0.2) is 4.98 Å². The summed E-state index contributed by atoms with van der Waals surface area (Å²) in [4.78, 5) is 10.3. The maximum atomic E-state index is 12.1. The average Bonchev–Trinajstić information content (AvgIpc) is 3.05. The first-order valence-electron chi connectivity index (χ1n) is 8.17. The van der Waals surface area contributed by atoms with Gasteiger partial charge in [-0.3, -0.25) is 4.99 Å². The third-order valence-corrected chi connectivity index (χ3v) is 3.99. The van der Waals surface area contributed by atoms with Crippen molar-refractivity contribution in [2.75, 3.05) is 25.1 Å². The average molecular weight is 364 g/mol. The fourth-order valence-corrected chi connectivity index (χ4v) is 2.79. The van der Waals surface area contributed by atoms with Crippen LogP contribution in [0, 0.1) is 0 Å². The molecule has 138 valence electrons. The molecule has 0 spiro atoms. The van der Waals surface area contributed by atoms with Gasteiger partial charge in [0, 0.05) is 38.1 Å². The van der Waals surface area contributed by atoms with Gasteiger partial charge in [-0.15, -0.1) is 0 Å². The van der Waals surface area contributed by atoms with Gasteiger partial charge in [0.15, 0.2) is 12.6 Å². The summed E-state index contributed by atoms with van der Waals surface area (Å²) in [6.45, 7) is -0.0437. The molecule has 1 N–H and O–H groups in total. The zero-order valence-corrected chi connectivity index (χ0v) is 14.3. The molecule has 1 aliphatic rings. The van der Waals surface area contributed by atoms with Crippen LogP contribution in [0.3, 0.4) is 0 Å². The minimum absolute atomic E-state index is 0.0519. The van der Waals surface area contributed by atoms with E-state index in [4.69, 9.17) is 0 Å². The largest absolute Gasteiger partial charge is 0.468 e. The first kappa shape index (κ1) is 18.0. The number of halogens is 3. The van der Waals surface area contributed by atoms with E-state index in [1.165, 1.54) is 17.8 Å².